The number of carbonyl (C=O) groups is 1. The standard InChI is InChI=1S/C19H27FN2O4/c1-18(2,3)26-17(23)13-19(4)8-5-10-21(11-9-19)16-7-6-14(22(24)25)12-15(16)20/h6-7,12H,5,8-11,13H2,1-4H3. The summed E-state index contributed by atoms with van der Waals surface area (Å²) in [6.07, 6.45) is 2.72. The summed E-state index contributed by atoms with van der Waals surface area (Å²) >= 11 is 0. The molecule has 1 aliphatic rings. The minimum atomic E-state index is -0.604. The van der Waals surface area contributed by atoms with Crippen LogP contribution in [-0.4, -0.2) is 29.6 Å². The molecular weight excluding hydrogens is 339 g/mol. The third-order valence-electron chi connectivity index (χ3n) is 4.67. The molecule has 144 valence electrons. The number of nitro benzene ring substituents is 1. The lowest BCUT2D eigenvalue weighted by atomic mass is 9.80. The SMILES string of the molecule is CC1(CC(=O)OC(C)(C)C)CCCN(c2ccc([N+](=O)[O-])cc2F)CC1. The lowest BCUT2D eigenvalue weighted by Crippen LogP contribution is -2.30. The van der Waals surface area contributed by atoms with E-state index >= 15 is 0 Å². The molecule has 0 saturated carbocycles. The lowest BCUT2D eigenvalue weighted by Gasteiger charge is -2.29. The fraction of sp³-hybridized carbons (Fsp3) is 0.632. The van der Waals surface area contributed by atoms with Crippen LogP contribution in [0.1, 0.15) is 53.4 Å². The highest BCUT2D eigenvalue weighted by atomic mass is 19.1. The van der Waals surface area contributed by atoms with E-state index < -0.39 is 16.3 Å². The van der Waals surface area contributed by atoms with Crippen molar-refractivity contribution < 1.29 is 18.8 Å². The highest BCUT2D eigenvalue weighted by molar-refractivity contribution is 5.70. The van der Waals surface area contributed by atoms with Gasteiger partial charge >= 0.3 is 5.97 Å². The molecule has 0 radical (unpaired) electrons. The average Bonchev–Trinajstić information content (AvgIpc) is 2.67. The molecular formula is C19H27FN2O4. The van der Waals surface area contributed by atoms with E-state index in [0.717, 1.165) is 25.3 Å². The Kier molecular flexibility index (Phi) is 5.88. The van der Waals surface area contributed by atoms with Gasteiger partial charge in [-0.1, -0.05) is 6.92 Å². The van der Waals surface area contributed by atoms with Crippen LogP contribution in [0.3, 0.4) is 0 Å². The van der Waals surface area contributed by atoms with Gasteiger partial charge in [-0.3, -0.25) is 14.9 Å². The van der Waals surface area contributed by atoms with Crippen LogP contribution in [0.25, 0.3) is 0 Å². The molecule has 26 heavy (non-hydrogen) atoms. The van der Waals surface area contributed by atoms with Gasteiger partial charge in [0.05, 0.1) is 23.1 Å². The Hall–Kier alpha value is -2.18. The predicted octanol–water partition coefficient (Wildman–Crippen LogP) is 4.46. The van der Waals surface area contributed by atoms with E-state index in [9.17, 15) is 19.3 Å². The molecule has 0 N–H and O–H groups in total. The predicted molar refractivity (Wildman–Crippen MR) is 97.7 cm³/mol. The van der Waals surface area contributed by atoms with Crippen molar-refractivity contribution in [1.82, 2.24) is 0 Å². The highest BCUT2D eigenvalue weighted by Gasteiger charge is 2.33. The minimum Gasteiger partial charge on any atom is -0.460 e. The number of non-ortho nitro benzene ring substituents is 1. The van der Waals surface area contributed by atoms with Crippen LogP contribution < -0.4 is 4.90 Å². The third-order valence-corrected chi connectivity index (χ3v) is 4.67. The molecule has 1 aromatic rings. The molecule has 1 aromatic carbocycles. The van der Waals surface area contributed by atoms with Crippen molar-refractivity contribution in [2.45, 2.75) is 59.0 Å². The van der Waals surface area contributed by atoms with Crippen molar-refractivity contribution in [3.05, 3.63) is 34.1 Å². The molecule has 7 heteroatoms. The number of esters is 1. The van der Waals surface area contributed by atoms with E-state index in [4.69, 9.17) is 4.74 Å². The first kappa shape index (κ1) is 20.1. The van der Waals surface area contributed by atoms with E-state index in [1.165, 1.54) is 12.1 Å². The second-order valence-electron chi connectivity index (χ2n) is 8.31. The van der Waals surface area contributed by atoms with Gasteiger partial charge in [-0.25, -0.2) is 4.39 Å². The van der Waals surface area contributed by atoms with Crippen molar-refractivity contribution >= 4 is 17.3 Å². The minimum absolute atomic E-state index is 0.200. The lowest BCUT2D eigenvalue weighted by molar-refractivity contribution is -0.385. The second kappa shape index (κ2) is 7.60. The smallest absolute Gasteiger partial charge is 0.306 e. The number of ether oxygens (including phenoxy) is 1. The Bertz CT molecular complexity index is 687. The van der Waals surface area contributed by atoms with Crippen molar-refractivity contribution in [2.24, 2.45) is 5.41 Å². The van der Waals surface area contributed by atoms with Crippen molar-refractivity contribution in [3.8, 4) is 0 Å². The maximum atomic E-state index is 14.3. The second-order valence-corrected chi connectivity index (χ2v) is 8.31. The van der Waals surface area contributed by atoms with Gasteiger partial charge in [0.1, 0.15) is 5.60 Å². The fourth-order valence-electron chi connectivity index (χ4n) is 3.35. The maximum Gasteiger partial charge on any atom is 0.306 e. The summed E-state index contributed by atoms with van der Waals surface area (Å²) in [6.45, 7) is 8.84. The number of anilines is 1. The molecule has 1 unspecified atom stereocenters. The topological polar surface area (TPSA) is 72.7 Å². The molecule has 1 aliphatic heterocycles. The molecule has 0 aromatic heterocycles. The zero-order valence-electron chi connectivity index (χ0n) is 15.9. The summed E-state index contributed by atoms with van der Waals surface area (Å²) in [5.41, 5.74) is -0.589. The molecule has 6 nitrogen and oxygen atoms in total. The van der Waals surface area contributed by atoms with Crippen LogP contribution in [0.2, 0.25) is 0 Å². The Morgan fingerprint density at radius 1 is 1.35 bits per heavy atom. The number of nitro groups is 1. The number of nitrogens with zero attached hydrogens (tertiary/aromatic N) is 2. The number of halogens is 1. The van der Waals surface area contributed by atoms with Crippen LogP contribution in [0.15, 0.2) is 18.2 Å². The molecule has 0 spiro atoms. The fourth-order valence-corrected chi connectivity index (χ4v) is 3.35. The quantitative estimate of drug-likeness (QED) is 0.447. The van der Waals surface area contributed by atoms with Crippen LogP contribution in [0.5, 0.6) is 0 Å². The summed E-state index contributed by atoms with van der Waals surface area (Å²) in [5, 5.41) is 10.8. The van der Waals surface area contributed by atoms with Gasteiger partial charge in [0.25, 0.3) is 5.69 Å². The Labute approximate surface area is 153 Å². The molecule has 0 bridgehead atoms. The van der Waals surface area contributed by atoms with Crippen molar-refractivity contribution in [2.75, 3.05) is 18.0 Å². The Morgan fingerprint density at radius 2 is 2.04 bits per heavy atom. The molecule has 1 atom stereocenters. The monoisotopic (exact) mass is 366 g/mol. The van der Waals surface area contributed by atoms with Crippen molar-refractivity contribution in [1.29, 1.82) is 0 Å². The number of rotatable bonds is 4. The summed E-state index contributed by atoms with van der Waals surface area (Å²) in [6, 6.07) is 3.74. The van der Waals surface area contributed by atoms with E-state index in [1.54, 1.807) is 0 Å². The Morgan fingerprint density at radius 3 is 2.62 bits per heavy atom. The number of hydrogen-bond acceptors (Lipinski definition) is 5. The van der Waals surface area contributed by atoms with E-state index in [-0.39, 0.29) is 17.1 Å². The van der Waals surface area contributed by atoms with Gasteiger partial charge in [-0.05, 0) is 51.5 Å². The van der Waals surface area contributed by atoms with Crippen LogP contribution in [-0.2, 0) is 9.53 Å². The van der Waals surface area contributed by atoms with Gasteiger partial charge in [-0.2, -0.15) is 0 Å². The summed E-state index contributed by atoms with van der Waals surface area (Å²) in [5.74, 6) is -0.801. The zero-order valence-corrected chi connectivity index (χ0v) is 15.9. The molecule has 2 rings (SSSR count). The molecule has 0 aliphatic carbocycles. The van der Waals surface area contributed by atoms with Gasteiger partial charge in [0.2, 0.25) is 0 Å². The van der Waals surface area contributed by atoms with E-state index in [2.05, 4.69) is 6.92 Å². The first-order valence-corrected chi connectivity index (χ1v) is 8.90. The van der Waals surface area contributed by atoms with Crippen LogP contribution in [0, 0.1) is 21.3 Å². The molecule has 1 saturated heterocycles. The van der Waals surface area contributed by atoms with E-state index in [1.807, 2.05) is 25.7 Å². The van der Waals surface area contributed by atoms with Gasteiger partial charge in [0.15, 0.2) is 5.82 Å². The summed E-state index contributed by atoms with van der Waals surface area (Å²) in [4.78, 5) is 24.3. The highest BCUT2D eigenvalue weighted by Crippen LogP contribution is 2.37. The number of hydrogen-bond donors (Lipinski definition) is 0. The van der Waals surface area contributed by atoms with Crippen LogP contribution >= 0.6 is 0 Å². The summed E-state index contributed by atoms with van der Waals surface area (Å²) in [7, 11) is 0. The van der Waals surface area contributed by atoms with Crippen molar-refractivity contribution in [3.63, 3.8) is 0 Å². The van der Waals surface area contributed by atoms with Gasteiger partial charge < -0.3 is 9.64 Å². The summed E-state index contributed by atoms with van der Waals surface area (Å²) < 4.78 is 19.7. The largest absolute Gasteiger partial charge is 0.460 e. The van der Waals surface area contributed by atoms with Crippen LogP contribution in [0.4, 0.5) is 15.8 Å². The number of carbonyl (C=O) groups excluding carboxylic acids is 1. The number of benzene rings is 1. The normalized spacial score (nSPS) is 21.2. The van der Waals surface area contributed by atoms with E-state index in [0.29, 0.717) is 25.2 Å². The first-order chi connectivity index (χ1) is 12.0. The molecule has 1 fully saturated rings. The maximum absolute atomic E-state index is 14.3. The third kappa shape index (κ3) is 5.41. The first-order valence-electron chi connectivity index (χ1n) is 8.90. The van der Waals surface area contributed by atoms with Gasteiger partial charge in [-0.15, -0.1) is 0 Å². The zero-order chi connectivity index (χ0) is 19.5. The Balaban J connectivity index is 2.05. The van der Waals surface area contributed by atoms with Gasteiger partial charge in [0, 0.05) is 19.2 Å². The molecule has 0 amide bonds. The average molecular weight is 366 g/mol. The molecule has 1 heterocycles.